The number of fused-ring (bicyclic) bond motifs is 3. The molecule has 11 heteroatoms. The van der Waals surface area contributed by atoms with Crippen LogP contribution in [0.25, 0.3) is 10.9 Å². The van der Waals surface area contributed by atoms with E-state index in [-0.39, 0.29) is 43.3 Å². The van der Waals surface area contributed by atoms with Crippen LogP contribution in [0.1, 0.15) is 69.0 Å². The topological polar surface area (TPSA) is 88.8 Å². The summed E-state index contributed by atoms with van der Waals surface area (Å²) in [5.41, 5.74) is 0.746. The Balaban J connectivity index is 1.56. The van der Waals surface area contributed by atoms with E-state index in [9.17, 15) is 4.79 Å². The van der Waals surface area contributed by atoms with Crippen molar-refractivity contribution in [1.29, 1.82) is 0 Å². The van der Waals surface area contributed by atoms with Crippen molar-refractivity contribution in [2.75, 3.05) is 26.3 Å². The first kappa shape index (κ1) is 28.2. The van der Waals surface area contributed by atoms with E-state index in [0.29, 0.717) is 18.6 Å². The quantitative estimate of drug-likeness (QED) is 0.342. The maximum atomic E-state index is 15.7. The van der Waals surface area contributed by atoms with Gasteiger partial charge >= 0.3 is 6.09 Å². The van der Waals surface area contributed by atoms with Crippen molar-refractivity contribution < 1.29 is 32.5 Å². The number of hydrogen-bond acceptors (Lipinski definition) is 5. The number of carboxylic acid groups (broad SMARTS) is 1. The highest BCUT2D eigenvalue weighted by atomic mass is 19.1. The lowest BCUT2D eigenvalue weighted by Gasteiger charge is -2.44. The third kappa shape index (κ3) is 5.76. The number of nitrogens with one attached hydrogen (secondary N) is 1. The van der Waals surface area contributed by atoms with Gasteiger partial charge in [0.1, 0.15) is 29.7 Å². The Labute approximate surface area is 231 Å². The predicted octanol–water partition coefficient (Wildman–Crippen LogP) is 5.74. The molecule has 1 unspecified atom stereocenters. The maximum absolute atomic E-state index is 15.7. The molecule has 1 amide bonds. The molecule has 0 saturated carbocycles. The summed E-state index contributed by atoms with van der Waals surface area (Å²) in [4.78, 5) is 12.5. The fourth-order valence-electron chi connectivity index (χ4n) is 5.91. The van der Waals surface area contributed by atoms with E-state index in [1.807, 2.05) is 28.6 Å². The summed E-state index contributed by atoms with van der Waals surface area (Å²) in [7, 11) is 0. The minimum Gasteiger partial charge on any atom is -0.492 e. The Morgan fingerprint density at radius 2 is 2.00 bits per heavy atom. The number of benzene rings is 2. The Hall–Kier alpha value is -3.31. The summed E-state index contributed by atoms with van der Waals surface area (Å²) in [5.74, 6) is -1.70. The molecule has 2 N–H and O–H groups in total. The van der Waals surface area contributed by atoms with E-state index in [2.05, 4.69) is 10.4 Å². The second-order valence-corrected chi connectivity index (χ2v) is 11.2. The van der Waals surface area contributed by atoms with Crippen molar-refractivity contribution in [2.45, 2.75) is 70.4 Å². The second kappa shape index (κ2) is 11.3. The van der Waals surface area contributed by atoms with Gasteiger partial charge in [0.25, 0.3) is 0 Å². The molecule has 0 radical (unpaired) electrons. The number of alkyl halides is 1. The molecule has 2 aliphatic heterocycles. The van der Waals surface area contributed by atoms with E-state index < -0.39 is 29.4 Å². The molecule has 8 nitrogen and oxygen atoms in total. The number of nitrogens with zero attached hydrogens (tertiary/aromatic N) is 3. The first-order chi connectivity index (χ1) is 19.0. The lowest BCUT2D eigenvalue weighted by molar-refractivity contribution is -0.0366. The third-order valence-corrected chi connectivity index (χ3v) is 7.58. The zero-order chi connectivity index (χ0) is 28.6. The van der Waals surface area contributed by atoms with Crippen LogP contribution in [0.15, 0.2) is 30.5 Å². The van der Waals surface area contributed by atoms with Crippen LogP contribution in [0.2, 0.25) is 0 Å². The van der Waals surface area contributed by atoms with E-state index in [0.717, 1.165) is 47.9 Å². The van der Waals surface area contributed by atoms with Crippen molar-refractivity contribution in [3.63, 3.8) is 0 Å². The highest BCUT2D eigenvalue weighted by Gasteiger charge is 2.40. The average Bonchev–Trinajstić information content (AvgIpc) is 3.32. The monoisotopic (exact) mass is 560 g/mol. The highest BCUT2D eigenvalue weighted by molar-refractivity contribution is 5.84. The van der Waals surface area contributed by atoms with Crippen molar-refractivity contribution in [2.24, 2.45) is 0 Å². The van der Waals surface area contributed by atoms with Gasteiger partial charge in [-0.3, -0.25) is 4.90 Å². The van der Waals surface area contributed by atoms with Gasteiger partial charge in [-0.1, -0.05) is 6.07 Å². The summed E-state index contributed by atoms with van der Waals surface area (Å²) in [6, 6.07) is 4.86. The van der Waals surface area contributed by atoms with Crippen LogP contribution in [0.3, 0.4) is 0 Å². The lowest BCUT2D eigenvalue weighted by Crippen LogP contribution is -2.48. The van der Waals surface area contributed by atoms with Crippen molar-refractivity contribution in [3.8, 4) is 5.75 Å². The smallest absolute Gasteiger partial charge is 0.404 e. The van der Waals surface area contributed by atoms with Crippen LogP contribution >= 0.6 is 0 Å². The van der Waals surface area contributed by atoms with Gasteiger partial charge in [0.05, 0.1) is 24.3 Å². The molecular weight excluding hydrogens is 525 g/mol. The van der Waals surface area contributed by atoms with E-state index in [1.54, 1.807) is 6.20 Å². The van der Waals surface area contributed by atoms with Gasteiger partial charge in [-0.25, -0.2) is 22.6 Å². The molecular formula is C29H35F3N4O4. The van der Waals surface area contributed by atoms with Gasteiger partial charge in [-0.2, -0.15) is 5.10 Å². The van der Waals surface area contributed by atoms with Crippen molar-refractivity contribution in [1.82, 2.24) is 20.0 Å². The minimum absolute atomic E-state index is 0.0243. The van der Waals surface area contributed by atoms with Crippen LogP contribution in [0.4, 0.5) is 18.0 Å². The zero-order valence-corrected chi connectivity index (χ0v) is 22.9. The highest BCUT2D eigenvalue weighted by Crippen LogP contribution is 2.44. The number of hydrogen-bond donors (Lipinski definition) is 2. The number of ether oxygens (including phenoxy) is 2. The number of aromatic nitrogens is 2. The van der Waals surface area contributed by atoms with Gasteiger partial charge in [-0.05, 0) is 63.6 Å². The predicted molar refractivity (Wildman–Crippen MR) is 143 cm³/mol. The molecule has 216 valence electrons. The maximum Gasteiger partial charge on any atom is 0.404 e. The van der Waals surface area contributed by atoms with Crippen molar-refractivity contribution >= 4 is 17.0 Å². The van der Waals surface area contributed by atoms with Crippen LogP contribution in [-0.2, 0) is 11.2 Å². The molecule has 2 aromatic carbocycles. The zero-order valence-electron chi connectivity index (χ0n) is 22.9. The van der Waals surface area contributed by atoms with Crippen molar-refractivity contribution in [3.05, 3.63) is 58.8 Å². The van der Waals surface area contributed by atoms with Crippen LogP contribution in [-0.4, -0.2) is 63.9 Å². The summed E-state index contributed by atoms with van der Waals surface area (Å²) in [5, 5.41) is 16.4. The number of amides is 1. The molecule has 1 saturated heterocycles. The Morgan fingerprint density at radius 1 is 1.25 bits per heavy atom. The fraction of sp³-hybridized carbons (Fsp3) is 0.517. The van der Waals surface area contributed by atoms with Crippen LogP contribution in [0.5, 0.6) is 5.75 Å². The number of halogens is 3. The van der Waals surface area contributed by atoms with Gasteiger partial charge in [-0.15, -0.1) is 0 Å². The van der Waals surface area contributed by atoms with Gasteiger partial charge in [0, 0.05) is 42.3 Å². The molecule has 3 heterocycles. The molecule has 0 aliphatic carbocycles. The molecule has 0 bridgehead atoms. The first-order valence-electron chi connectivity index (χ1n) is 13.7. The van der Waals surface area contributed by atoms with Gasteiger partial charge < -0.3 is 19.9 Å². The average molecular weight is 561 g/mol. The van der Waals surface area contributed by atoms with E-state index >= 15 is 13.2 Å². The normalized spacial score (nSPS) is 21.8. The SMILES string of the molecule is C[C@@H]1Cc2c(ccc3c2cnn3C2CCCCO2)[C@@H](c2c(F)cc(OCCNC(=O)O)cc2F)N1CC(C)(C)F. The number of rotatable bonds is 8. The van der Waals surface area contributed by atoms with E-state index in [4.69, 9.17) is 14.6 Å². The molecule has 2 aliphatic rings. The molecule has 1 aromatic heterocycles. The lowest BCUT2D eigenvalue weighted by atomic mass is 9.82. The second-order valence-electron chi connectivity index (χ2n) is 11.2. The molecule has 0 spiro atoms. The molecule has 5 rings (SSSR count). The largest absolute Gasteiger partial charge is 0.492 e. The Bertz CT molecular complexity index is 1360. The van der Waals surface area contributed by atoms with E-state index in [1.165, 1.54) is 13.8 Å². The minimum atomic E-state index is -1.61. The number of carbonyl (C=O) groups is 1. The third-order valence-electron chi connectivity index (χ3n) is 7.58. The van der Waals surface area contributed by atoms with Crippen LogP contribution < -0.4 is 10.1 Å². The molecule has 40 heavy (non-hydrogen) atoms. The fourth-order valence-corrected chi connectivity index (χ4v) is 5.91. The molecule has 3 aromatic rings. The van der Waals surface area contributed by atoms with Gasteiger partial charge in [0.15, 0.2) is 6.23 Å². The molecule has 3 atom stereocenters. The first-order valence-corrected chi connectivity index (χ1v) is 13.7. The van der Waals surface area contributed by atoms with Crippen LogP contribution in [0, 0.1) is 11.6 Å². The van der Waals surface area contributed by atoms with Gasteiger partial charge in [0.2, 0.25) is 0 Å². The Kier molecular flexibility index (Phi) is 7.96. The standard InChI is InChI=1S/C29H35F3N4O4/c1-17-12-20-19(7-8-24-21(20)15-34-36(24)25-6-4-5-10-40-25)27(35(17)16-29(2,3)32)26-22(30)13-18(14-23(26)31)39-11-9-33-28(37)38/h7-8,13-15,17,25,27,33H,4-6,9-12,16H2,1-3H3,(H,37,38)/t17-,25?,27+/m1/s1. The summed E-state index contributed by atoms with van der Waals surface area (Å²) in [6.45, 7) is 5.38. The summed E-state index contributed by atoms with van der Waals surface area (Å²) < 4.78 is 59.7. The Morgan fingerprint density at radius 3 is 2.65 bits per heavy atom. The summed E-state index contributed by atoms with van der Waals surface area (Å²) in [6.07, 6.45) is 3.92. The summed E-state index contributed by atoms with van der Waals surface area (Å²) >= 11 is 0. The molecule has 1 fully saturated rings.